The van der Waals surface area contributed by atoms with Gasteiger partial charge in [0.15, 0.2) is 0 Å². The third kappa shape index (κ3) is 7.09. The molecule has 0 spiro atoms. The zero-order chi connectivity index (χ0) is 25.4. The minimum absolute atomic E-state index is 0.0944. The summed E-state index contributed by atoms with van der Waals surface area (Å²) in [5.74, 6) is 0.216. The van der Waals surface area contributed by atoms with Crippen molar-refractivity contribution in [1.82, 2.24) is 0 Å². The summed E-state index contributed by atoms with van der Waals surface area (Å²) < 4.78 is 38.6. The predicted octanol–water partition coefficient (Wildman–Crippen LogP) is 5.64. The van der Waals surface area contributed by atoms with Crippen LogP contribution in [0.2, 0.25) is 0 Å². The Bertz CT molecular complexity index is 1250. The van der Waals surface area contributed by atoms with E-state index in [1.54, 1.807) is 42.5 Å². The second-order valence-corrected chi connectivity index (χ2v) is 10.4. The Balaban J connectivity index is 1.66. The van der Waals surface area contributed by atoms with Crippen molar-refractivity contribution in [2.24, 2.45) is 0 Å². The van der Waals surface area contributed by atoms with E-state index in [2.05, 4.69) is 0 Å². The molecule has 0 aliphatic heterocycles. The fraction of sp³-hybridized carbons (Fsp3) is 0.321. The number of aryl methyl sites for hydroxylation is 3. The van der Waals surface area contributed by atoms with Crippen molar-refractivity contribution in [3.05, 3.63) is 83.4 Å². The zero-order valence-electron chi connectivity index (χ0n) is 20.4. The van der Waals surface area contributed by atoms with Crippen LogP contribution in [0, 0.1) is 6.92 Å². The number of carboxylic acids is 1. The third-order valence-corrected chi connectivity index (χ3v) is 7.59. The molecule has 0 aliphatic carbocycles. The monoisotopic (exact) mass is 496 g/mol. The molecule has 3 aromatic carbocycles. The standard InChI is InChI=1S/C28H32O6S/c1-4-22-10-14-26(27(19-22)35(31,32)25-8-6-5-7-9-25)34-21(3)16-17-33-24-13-11-23(20(2)18-24)12-15-28(29)30/h5-11,13-14,18-19,21H,4,12,15-17H2,1-3H3,(H,29,30)/t21-/m1/s1. The summed E-state index contributed by atoms with van der Waals surface area (Å²) in [4.78, 5) is 11.2. The summed E-state index contributed by atoms with van der Waals surface area (Å²) in [6.07, 6.45) is 1.58. The molecule has 6 nitrogen and oxygen atoms in total. The zero-order valence-corrected chi connectivity index (χ0v) is 21.2. The van der Waals surface area contributed by atoms with Gasteiger partial charge in [-0.05, 0) is 79.8 Å². The smallest absolute Gasteiger partial charge is 0.303 e. The Hall–Kier alpha value is -3.32. The highest BCUT2D eigenvalue weighted by Gasteiger charge is 2.23. The number of aliphatic carboxylic acids is 1. The Morgan fingerprint density at radius 3 is 2.43 bits per heavy atom. The predicted molar refractivity (Wildman–Crippen MR) is 135 cm³/mol. The number of ether oxygens (including phenoxy) is 2. The molecular weight excluding hydrogens is 464 g/mol. The van der Waals surface area contributed by atoms with Gasteiger partial charge in [0.1, 0.15) is 16.4 Å². The molecule has 186 valence electrons. The summed E-state index contributed by atoms with van der Waals surface area (Å²) in [5.41, 5.74) is 2.89. The van der Waals surface area contributed by atoms with Crippen molar-refractivity contribution in [2.75, 3.05) is 6.61 Å². The van der Waals surface area contributed by atoms with E-state index in [4.69, 9.17) is 14.6 Å². The summed E-state index contributed by atoms with van der Waals surface area (Å²) in [7, 11) is -3.72. The molecule has 0 aromatic heterocycles. The first-order valence-electron chi connectivity index (χ1n) is 11.7. The number of carbonyl (C=O) groups is 1. The minimum Gasteiger partial charge on any atom is -0.493 e. The Morgan fingerprint density at radius 1 is 1.03 bits per heavy atom. The molecule has 35 heavy (non-hydrogen) atoms. The maximum atomic E-state index is 13.3. The van der Waals surface area contributed by atoms with Crippen molar-refractivity contribution in [3.63, 3.8) is 0 Å². The van der Waals surface area contributed by atoms with Gasteiger partial charge in [-0.2, -0.15) is 0 Å². The van der Waals surface area contributed by atoms with Crippen molar-refractivity contribution in [2.45, 2.75) is 62.3 Å². The Morgan fingerprint density at radius 2 is 1.77 bits per heavy atom. The van der Waals surface area contributed by atoms with E-state index in [0.29, 0.717) is 30.9 Å². The number of benzene rings is 3. The molecule has 0 bridgehead atoms. The first-order chi connectivity index (χ1) is 16.7. The van der Waals surface area contributed by atoms with E-state index < -0.39 is 15.8 Å². The topological polar surface area (TPSA) is 89.9 Å². The molecule has 0 heterocycles. The van der Waals surface area contributed by atoms with E-state index in [1.165, 1.54) is 0 Å². The number of hydrogen-bond donors (Lipinski definition) is 1. The molecule has 0 saturated carbocycles. The van der Waals surface area contributed by atoms with Gasteiger partial charge in [-0.15, -0.1) is 0 Å². The van der Waals surface area contributed by atoms with Crippen LogP contribution in [0.15, 0.2) is 76.5 Å². The molecule has 1 N–H and O–H groups in total. The number of sulfone groups is 1. The maximum Gasteiger partial charge on any atom is 0.303 e. The fourth-order valence-corrected chi connectivity index (χ4v) is 5.16. The van der Waals surface area contributed by atoms with Crippen molar-refractivity contribution in [1.29, 1.82) is 0 Å². The highest BCUT2D eigenvalue weighted by molar-refractivity contribution is 7.91. The van der Waals surface area contributed by atoms with Crippen LogP contribution >= 0.6 is 0 Å². The highest BCUT2D eigenvalue weighted by Crippen LogP contribution is 2.32. The van der Waals surface area contributed by atoms with E-state index in [1.807, 2.05) is 45.0 Å². The molecule has 0 unspecified atom stereocenters. The lowest BCUT2D eigenvalue weighted by molar-refractivity contribution is -0.136. The summed E-state index contributed by atoms with van der Waals surface area (Å²) in [6.45, 7) is 6.19. The molecule has 3 aromatic rings. The summed E-state index contributed by atoms with van der Waals surface area (Å²) >= 11 is 0. The van der Waals surface area contributed by atoms with Gasteiger partial charge < -0.3 is 14.6 Å². The number of carboxylic acid groups (broad SMARTS) is 1. The van der Waals surface area contributed by atoms with Crippen LogP contribution in [0.4, 0.5) is 0 Å². The molecule has 0 fully saturated rings. The van der Waals surface area contributed by atoms with Crippen molar-refractivity contribution in [3.8, 4) is 11.5 Å². The van der Waals surface area contributed by atoms with Gasteiger partial charge in [-0.3, -0.25) is 4.79 Å². The van der Waals surface area contributed by atoms with Gasteiger partial charge in [0.25, 0.3) is 0 Å². The van der Waals surface area contributed by atoms with Gasteiger partial charge >= 0.3 is 5.97 Å². The lowest BCUT2D eigenvalue weighted by Crippen LogP contribution is -2.17. The van der Waals surface area contributed by atoms with Crippen molar-refractivity contribution >= 4 is 15.8 Å². The van der Waals surface area contributed by atoms with Gasteiger partial charge in [0.05, 0.1) is 17.6 Å². The lowest BCUT2D eigenvalue weighted by Gasteiger charge is -2.19. The summed E-state index contributed by atoms with van der Waals surface area (Å²) in [5, 5.41) is 8.87. The molecule has 3 rings (SSSR count). The van der Waals surface area contributed by atoms with Crippen molar-refractivity contribution < 1.29 is 27.8 Å². The molecule has 0 saturated heterocycles. The normalized spacial score (nSPS) is 12.2. The van der Waals surface area contributed by atoms with E-state index in [0.717, 1.165) is 23.1 Å². The van der Waals surface area contributed by atoms with E-state index >= 15 is 0 Å². The summed E-state index contributed by atoms with van der Waals surface area (Å²) in [6, 6.07) is 19.3. The van der Waals surface area contributed by atoms with Gasteiger partial charge in [0, 0.05) is 12.8 Å². The van der Waals surface area contributed by atoms with Crippen LogP contribution in [0.1, 0.15) is 43.4 Å². The second kappa shape index (κ2) is 11.9. The first-order valence-corrected chi connectivity index (χ1v) is 13.2. The maximum absolute atomic E-state index is 13.3. The Labute approximate surface area is 207 Å². The van der Waals surface area contributed by atoms with Crippen LogP contribution in [-0.4, -0.2) is 32.2 Å². The number of hydrogen-bond acceptors (Lipinski definition) is 5. The fourth-order valence-electron chi connectivity index (χ4n) is 3.71. The minimum atomic E-state index is -3.72. The lowest BCUT2D eigenvalue weighted by atomic mass is 10.0. The third-order valence-electron chi connectivity index (χ3n) is 5.80. The number of rotatable bonds is 12. The average molecular weight is 497 g/mol. The van der Waals surface area contributed by atoms with E-state index in [9.17, 15) is 13.2 Å². The largest absolute Gasteiger partial charge is 0.493 e. The molecule has 1 atom stereocenters. The van der Waals surface area contributed by atoms with Crippen LogP contribution in [0.25, 0.3) is 0 Å². The van der Waals surface area contributed by atoms with Gasteiger partial charge in [-0.25, -0.2) is 8.42 Å². The van der Waals surface area contributed by atoms with Crippen LogP contribution in [0.5, 0.6) is 11.5 Å². The second-order valence-electron chi connectivity index (χ2n) is 8.50. The Kier molecular flexibility index (Phi) is 8.93. The molecule has 0 radical (unpaired) electrons. The molecule has 0 aliphatic rings. The van der Waals surface area contributed by atoms with Gasteiger partial charge in [0.2, 0.25) is 9.84 Å². The molecule has 7 heteroatoms. The molecular formula is C28H32O6S. The quantitative estimate of drug-likeness (QED) is 0.349. The van der Waals surface area contributed by atoms with Crippen LogP contribution < -0.4 is 9.47 Å². The molecule has 0 amide bonds. The first kappa shape index (κ1) is 26.3. The average Bonchev–Trinajstić information content (AvgIpc) is 2.84. The van der Waals surface area contributed by atoms with Crippen LogP contribution in [0.3, 0.4) is 0 Å². The van der Waals surface area contributed by atoms with Crippen LogP contribution in [-0.2, 0) is 27.5 Å². The van der Waals surface area contributed by atoms with E-state index in [-0.39, 0.29) is 22.3 Å². The SMILES string of the molecule is CCc1ccc(O[C@H](C)CCOc2ccc(CCC(=O)O)c(C)c2)c(S(=O)(=O)c2ccccc2)c1. The van der Waals surface area contributed by atoms with Gasteiger partial charge in [-0.1, -0.05) is 37.3 Å². The highest BCUT2D eigenvalue weighted by atomic mass is 32.2.